The summed E-state index contributed by atoms with van der Waals surface area (Å²) < 4.78 is 11.6. The zero-order chi connectivity index (χ0) is 16.9. The second-order valence-electron chi connectivity index (χ2n) is 5.83. The lowest BCUT2D eigenvalue weighted by molar-refractivity contribution is -0.135. The van der Waals surface area contributed by atoms with Crippen molar-refractivity contribution in [2.75, 3.05) is 32.8 Å². The number of halogens is 1. The molecule has 7 heteroatoms. The van der Waals surface area contributed by atoms with E-state index in [2.05, 4.69) is 26.0 Å². The first-order valence-corrected chi connectivity index (χ1v) is 8.70. The van der Waals surface area contributed by atoms with E-state index in [0.717, 1.165) is 35.6 Å². The Morgan fingerprint density at radius 2 is 1.96 bits per heavy atom. The fourth-order valence-electron chi connectivity index (χ4n) is 2.64. The number of nitrogens with zero attached hydrogens (tertiary/aromatic N) is 3. The second-order valence-corrected chi connectivity index (χ2v) is 6.74. The summed E-state index contributed by atoms with van der Waals surface area (Å²) in [7, 11) is 0. The number of hydrogen-bond donors (Lipinski definition) is 0. The van der Waals surface area contributed by atoms with Gasteiger partial charge < -0.3 is 14.2 Å². The van der Waals surface area contributed by atoms with Crippen LogP contribution in [0.5, 0.6) is 5.75 Å². The van der Waals surface area contributed by atoms with Gasteiger partial charge in [-0.05, 0) is 31.2 Å². The van der Waals surface area contributed by atoms with Crippen LogP contribution >= 0.6 is 15.9 Å². The number of carbonyl (C=O) groups excluding carboxylic acids is 1. The molecular weight excluding hydrogens is 374 g/mol. The molecule has 1 aliphatic rings. The molecule has 0 unspecified atom stereocenters. The molecule has 6 nitrogen and oxygen atoms in total. The van der Waals surface area contributed by atoms with E-state index in [1.165, 1.54) is 0 Å². The lowest BCUT2D eigenvalue weighted by atomic mass is 10.2. The highest BCUT2D eigenvalue weighted by atomic mass is 79.9. The third-order valence-corrected chi connectivity index (χ3v) is 4.49. The summed E-state index contributed by atoms with van der Waals surface area (Å²) in [6.07, 6.45) is 0. The molecule has 1 aromatic heterocycles. The van der Waals surface area contributed by atoms with Crippen molar-refractivity contribution < 1.29 is 14.1 Å². The van der Waals surface area contributed by atoms with Crippen LogP contribution < -0.4 is 4.74 Å². The van der Waals surface area contributed by atoms with E-state index in [0.29, 0.717) is 18.8 Å². The number of aryl methyl sites for hydroxylation is 1. The van der Waals surface area contributed by atoms with Gasteiger partial charge in [-0.2, -0.15) is 0 Å². The number of benzene rings is 1. The Morgan fingerprint density at radius 3 is 2.58 bits per heavy atom. The van der Waals surface area contributed by atoms with Crippen molar-refractivity contribution in [3.05, 3.63) is 46.3 Å². The minimum atomic E-state index is 0.0230. The Hall–Kier alpha value is -1.86. The minimum absolute atomic E-state index is 0.0230. The summed E-state index contributed by atoms with van der Waals surface area (Å²) in [4.78, 5) is 16.4. The van der Waals surface area contributed by atoms with Gasteiger partial charge in [-0.3, -0.25) is 9.69 Å². The maximum atomic E-state index is 12.3. The smallest absolute Gasteiger partial charge is 0.260 e. The Labute approximate surface area is 149 Å². The van der Waals surface area contributed by atoms with Gasteiger partial charge in [0.2, 0.25) is 0 Å². The minimum Gasteiger partial charge on any atom is -0.484 e. The maximum Gasteiger partial charge on any atom is 0.260 e. The number of ether oxygens (including phenoxy) is 1. The summed E-state index contributed by atoms with van der Waals surface area (Å²) in [6, 6.07) is 9.42. The Morgan fingerprint density at radius 1 is 1.25 bits per heavy atom. The molecule has 1 amide bonds. The molecule has 1 fully saturated rings. The van der Waals surface area contributed by atoms with Crippen LogP contribution in [0, 0.1) is 6.92 Å². The van der Waals surface area contributed by atoms with E-state index < -0.39 is 0 Å². The lowest BCUT2D eigenvalue weighted by Crippen LogP contribution is -2.49. The molecule has 128 valence electrons. The lowest BCUT2D eigenvalue weighted by Gasteiger charge is -2.34. The van der Waals surface area contributed by atoms with Gasteiger partial charge in [-0.1, -0.05) is 21.1 Å². The van der Waals surface area contributed by atoms with Crippen LogP contribution in [-0.2, 0) is 11.3 Å². The summed E-state index contributed by atoms with van der Waals surface area (Å²) in [5.41, 5.74) is 0.936. The van der Waals surface area contributed by atoms with Crippen LogP contribution in [0.4, 0.5) is 0 Å². The number of amides is 1. The molecule has 2 aromatic rings. The predicted molar refractivity (Wildman–Crippen MR) is 92.7 cm³/mol. The Kier molecular flexibility index (Phi) is 5.52. The number of piperazine rings is 1. The Bertz CT molecular complexity index is 679. The van der Waals surface area contributed by atoms with Crippen molar-refractivity contribution in [2.24, 2.45) is 0 Å². The molecule has 0 spiro atoms. The normalized spacial score (nSPS) is 15.5. The molecule has 0 radical (unpaired) electrons. The monoisotopic (exact) mass is 393 g/mol. The van der Waals surface area contributed by atoms with E-state index >= 15 is 0 Å². The Balaban J connectivity index is 1.42. The fraction of sp³-hybridized carbons (Fsp3) is 0.412. The first-order valence-electron chi connectivity index (χ1n) is 7.91. The van der Waals surface area contributed by atoms with Crippen molar-refractivity contribution in [1.82, 2.24) is 15.0 Å². The molecule has 0 saturated carbocycles. The van der Waals surface area contributed by atoms with Crippen LogP contribution in [-0.4, -0.2) is 53.6 Å². The molecule has 0 N–H and O–H groups in total. The molecular formula is C17H20BrN3O3. The van der Waals surface area contributed by atoms with Gasteiger partial charge in [0.05, 0.1) is 5.69 Å². The van der Waals surface area contributed by atoms with Crippen LogP contribution in [0.1, 0.15) is 11.5 Å². The SMILES string of the molecule is Cc1cc(CN2CCN(C(=O)COc3ccc(Br)cc3)CC2)no1. The molecule has 2 heterocycles. The molecule has 1 saturated heterocycles. The maximum absolute atomic E-state index is 12.3. The largest absolute Gasteiger partial charge is 0.484 e. The molecule has 0 aliphatic carbocycles. The number of aromatic nitrogens is 1. The first kappa shape index (κ1) is 17.0. The predicted octanol–water partition coefficient (Wildman–Crippen LogP) is 2.47. The number of carbonyl (C=O) groups is 1. The highest BCUT2D eigenvalue weighted by Gasteiger charge is 2.22. The van der Waals surface area contributed by atoms with E-state index in [9.17, 15) is 4.79 Å². The number of rotatable bonds is 5. The molecule has 1 aromatic carbocycles. The van der Waals surface area contributed by atoms with E-state index in [1.807, 2.05) is 42.2 Å². The van der Waals surface area contributed by atoms with Crippen molar-refractivity contribution in [2.45, 2.75) is 13.5 Å². The van der Waals surface area contributed by atoms with Gasteiger partial charge in [-0.15, -0.1) is 0 Å². The van der Waals surface area contributed by atoms with Gasteiger partial charge in [0, 0.05) is 43.3 Å². The summed E-state index contributed by atoms with van der Waals surface area (Å²) in [6.45, 7) is 5.79. The zero-order valence-electron chi connectivity index (χ0n) is 13.6. The highest BCUT2D eigenvalue weighted by molar-refractivity contribution is 9.10. The van der Waals surface area contributed by atoms with Crippen LogP contribution in [0.25, 0.3) is 0 Å². The summed E-state index contributed by atoms with van der Waals surface area (Å²) in [5, 5.41) is 4.01. The molecule has 0 bridgehead atoms. The zero-order valence-corrected chi connectivity index (χ0v) is 15.2. The van der Waals surface area contributed by atoms with Gasteiger partial charge in [0.25, 0.3) is 5.91 Å². The average molecular weight is 394 g/mol. The standard InChI is InChI=1S/C17H20BrN3O3/c1-13-10-15(19-24-13)11-20-6-8-21(9-7-20)17(22)12-23-16-4-2-14(18)3-5-16/h2-5,10H,6-9,11-12H2,1H3. The first-order chi connectivity index (χ1) is 11.6. The van der Waals surface area contributed by atoms with E-state index in [1.54, 1.807) is 0 Å². The van der Waals surface area contributed by atoms with E-state index in [4.69, 9.17) is 9.26 Å². The van der Waals surface area contributed by atoms with Crippen molar-refractivity contribution in [1.29, 1.82) is 0 Å². The third kappa shape index (κ3) is 4.58. The average Bonchev–Trinajstić information content (AvgIpc) is 2.99. The van der Waals surface area contributed by atoms with E-state index in [-0.39, 0.29) is 12.5 Å². The fourth-order valence-corrected chi connectivity index (χ4v) is 2.91. The summed E-state index contributed by atoms with van der Waals surface area (Å²) >= 11 is 3.37. The van der Waals surface area contributed by atoms with Crippen LogP contribution in [0.15, 0.2) is 39.3 Å². The summed E-state index contributed by atoms with van der Waals surface area (Å²) in [5.74, 6) is 1.55. The van der Waals surface area contributed by atoms with Gasteiger partial charge in [0.15, 0.2) is 6.61 Å². The topological polar surface area (TPSA) is 58.8 Å². The van der Waals surface area contributed by atoms with Gasteiger partial charge >= 0.3 is 0 Å². The number of hydrogen-bond acceptors (Lipinski definition) is 5. The molecule has 24 heavy (non-hydrogen) atoms. The van der Waals surface area contributed by atoms with Gasteiger partial charge in [-0.25, -0.2) is 0 Å². The van der Waals surface area contributed by atoms with Crippen molar-refractivity contribution in [3.63, 3.8) is 0 Å². The van der Waals surface area contributed by atoms with Crippen LogP contribution in [0.2, 0.25) is 0 Å². The van der Waals surface area contributed by atoms with Crippen LogP contribution in [0.3, 0.4) is 0 Å². The molecule has 1 aliphatic heterocycles. The quantitative estimate of drug-likeness (QED) is 0.780. The molecule has 3 rings (SSSR count). The highest BCUT2D eigenvalue weighted by Crippen LogP contribution is 2.16. The van der Waals surface area contributed by atoms with Crippen molar-refractivity contribution in [3.8, 4) is 5.75 Å². The third-order valence-electron chi connectivity index (χ3n) is 3.96. The van der Waals surface area contributed by atoms with Crippen molar-refractivity contribution >= 4 is 21.8 Å². The van der Waals surface area contributed by atoms with Gasteiger partial charge in [0.1, 0.15) is 11.5 Å². The second kappa shape index (κ2) is 7.81. The molecule has 0 atom stereocenters.